The van der Waals surface area contributed by atoms with E-state index in [1.165, 1.54) is 0 Å². The van der Waals surface area contributed by atoms with Gasteiger partial charge in [0.15, 0.2) is 0 Å². The summed E-state index contributed by atoms with van der Waals surface area (Å²) >= 11 is 5.54. The topological polar surface area (TPSA) is 54.3 Å². The van der Waals surface area contributed by atoms with Gasteiger partial charge in [-0.1, -0.05) is 0 Å². The van der Waals surface area contributed by atoms with Crippen molar-refractivity contribution in [2.75, 3.05) is 17.7 Å². The van der Waals surface area contributed by atoms with Crippen LogP contribution in [0.15, 0.2) is 29.1 Å². The fraction of sp³-hybridized carbons (Fsp3) is 0.357. The van der Waals surface area contributed by atoms with Gasteiger partial charge in [-0.25, -0.2) is 0 Å². The summed E-state index contributed by atoms with van der Waals surface area (Å²) in [7, 11) is 1.77. The molecule has 1 unspecified atom stereocenters. The maximum Gasteiger partial charge on any atom is 0.253 e. The molecule has 5 heteroatoms. The molecule has 1 atom stereocenters. The molecule has 2 rings (SSSR count). The van der Waals surface area contributed by atoms with Gasteiger partial charge in [-0.2, -0.15) is 0 Å². The molecule has 102 valence electrons. The highest BCUT2D eigenvalue weighted by Crippen LogP contribution is 2.18. The summed E-state index contributed by atoms with van der Waals surface area (Å²) in [6.07, 6.45) is -0.570. The van der Waals surface area contributed by atoms with Crippen LogP contribution >= 0.6 is 11.6 Å². The molecule has 0 fully saturated rings. The molecule has 0 aliphatic carbocycles. The highest BCUT2D eigenvalue weighted by atomic mass is 35.5. The van der Waals surface area contributed by atoms with Crippen LogP contribution in [0.5, 0.6) is 0 Å². The normalized spacial score (nSPS) is 12.6. The zero-order valence-electron chi connectivity index (χ0n) is 11.0. The smallest absolute Gasteiger partial charge is 0.253 e. The maximum absolute atomic E-state index is 11.8. The lowest BCUT2D eigenvalue weighted by molar-refractivity contribution is 0.211. The Bertz CT molecular complexity index is 652. The number of pyridine rings is 1. The maximum atomic E-state index is 11.8. The Morgan fingerprint density at radius 1 is 1.42 bits per heavy atom. The lowest BCUT2D eigenvalue weighted by Crippen LogP contribution is -2.21. The van der Waals surface area contributed by atoms with Crippen LogP contribution in [0.4, 0.5) is 5.69 Å². The number of anilines is 1. The molecule has 0 radical (unpaired) electrons. The van der Waals surface area contributed by atoms with Crippen molar-refractivity contribution < 1.29 is 5.11 Å². The molecule has 0 saturated heterocycles. The van der Waals surface area contributed by atoms with E-state index in [1.54, 1.807) is 18.5 Å². The summed E-state index contributed by atoms with van der Waals surface area (Å²) in [5, 5.41) is 13.5. The van der Waals surface area contributed by atoms with Crippen LogP contribution in [0.25, 0.3) is 10.9 Å². The van der Waals surface area contributed by atoms with Crippen molar-refractivity contribution in [3.05, 3.63) is 40.2 Å². The summed E-state index contributed by atoms with van der Waals surface area (Å²) in [6, 6.07) is 7.62. The van der Waals surface area contributed by atoms with Crippen molar-refractivity contribution in [3.8, 4) is 0 Å². The Morgan fingerprint density at radius 3 is 2.84 bits per heavy atom. The summed E-state index contributed by atoms with van der Waals surface area (Å²) < 4.78 is 1.64. The first kappa shape index (κ1) is 13.9. The third-order valence-corrected chi connectivity index (χ3v) is 3.48. The molecule has 1 aromatic carbocycles. The van der Waals surface area contributed by atoms with Gasteiger partial charge in [0.2, 0.25) is 0 Å². The van der Waals surface area contributed by atoms with Crippen molar-refractivity contribution >= 4 is 28.2 Å². The number of halogens is 1. The van der Waals surface area contributed by atoms with Crippen LogP contribution in [0.3, 0.4) is 0 Å². The van der Waals surface area contributed by atoms with E-state index in [4.69, 9.17) is 11.6 Å². The Kier molecular flexibility index (Phi) is 4.12. The van der Waals surface area contributed by atoms with Gasteiger partial charge in [-0.15, -0.1) is 11.6 Å². The first-order valence-corrected chi connectivity index (χ1v) is 6.64. The molecule has 0 amide bonds. The monoisotopic (exact) mass is 280 g/mol. The molecule has 4 nitrogen and oxygen atoms in total. The molecule has 0 saturated carbocycles. The van der Waals surface area contributed by atoms with E-state index >= 15 is 0 Å². The second kappa shape index (κ2) is 5.63. The summed E-state index contributed by atoms with van der Waals surface area (Å²) in [5.41, 5.74) is 2.52. The third kappa shape index (κ3) is 2.91. The molecule has 2 N–H and O–H groups in total. The number of alkyl halides is 1. The van der Waals surface area contributed by atoms with Crippen molar-refractivity contribution in [3.63, 3.8) is 0 Å². The molecule has 1 aromatic heterocycles. The molecule has 0 bridgehead atoms. The van der Waals surface area contributed by atoms with Crippen molar-refractivity contribution in [2.45, 2.75) is 13.0 Å². The number of hydrogen-bond donors (Lipinski definition) is 2. The highest BCUT2D eigenvalue weighted by molar-refractivity contribution is 6.18. The fourth-order valence-corrected chi connectivity index (χ4v) is 2.15. The van der Waals surface area contributed by atoms with Gasteiger partial charge in [0.25, 0.3) is 5.56 Å². The van der Waals surface area contributed by atoms with Crippen molar-refractivity contribution in [2.24, 2.45) is 7.05 Å². The minimum absolute atomic E-state index is 0.0192. The van der Waals surface area contributed by atoms with Crippen LogP contribution in [0.1, 0.15) is 5.56 Å². The first-order valence-electron chi connectivity index (χ1n) is 6.11. The molecular formula is C14H17ClN2O2. The molecular weight excluding hydrogens is 264 g/mol. The van der Waals surface area contributed by atoms with Crippen molar-refractivity contribution in [1.82, 2.24) is 4.57 Å². The minimum Gasteiger partial charge on any atom is -0.390 e. The summed E-state index contributed by atoms with van der Waals surface area (Å²) in [5.74, 6) is 0.203. The van der Waals surface area contributed by atoms with E-state index in [-0.39, 0.29) is 11.4 Å². The summed E-state index contributed by atoms with van der Waals surface area (Å²) in [4.78, 5) is 11.8. The van der Waals surface area contributed by atoms with E-state index in [9.17, 15) is 9.90 Å². The number of nitrogens with zero attached hydrogens (tertiary/aromatic N) is 1. The first-order chi connectivity index (χ1) is 9.02. The van der Waals surface area contributed by atoms with Gasteiger partial charge in [-0.3, -0.25) is 4.79 Å². The number of nitrogens with one attached hydrogen (secondary N) is 1. The lowest BCUT2D eigenvalue weighted by atomic mass is 10.1. The number of aliphatic hydroxyl groups is 1. The Labute approximate surface area is 116 Å². The number of aryl methyl sites for hydroxylation is 2. The molecule has 1 heterocycles. The largest absolute Gasteiger partial charge is 0.390 e. The third-order valence-electron chi connectivity index (χ3n) is 3.12. The van der Waals surface area contributed by atoms with Crippen LogP contribution in [-0.4, -0.2) is 28.2 Å². The van der Waals surface area contributed by atoms with Crippen LogP contribution in [0.2, 0.25) is 0 Å². The predicted molar refractivity (Wildman–Crippen MR) is 79.1 cm³/mol. The van der Waals surface area contributed by atoms with Gasteiger partial charge in [0, 0.05) is 30.2 Å². The average molecular weight is 281 g/mol. The molecule has 0 spiro atoms. The molecule has 2 aromatic rings. The number of aromatic nitrogens is 1. The van der Waals surface area contributed by atoms with Crippen LogP contribution < -0.4 is 10.9 Å². The Balaban J connectivity index is 2.36. The van der Waals surface area contributed by atoms with E-state index in [0.29, 0.717) is 12.1 Å². The van der Waals surface area contributed by atoms with Gasteiger partial charge in [0.1, 0.15) is 0 Å². The zero-order chi connectivity index (χ0) is 14.0. The lowest BCUT2D eigenvalue weighted by Gasteiger charge is -2.12. The minimum atomic E-state index is -0.570. The number of fused-ring (bicyclic) bond motifs is 1. The Hall–Kier alpha value is -1.52. The van der Waals surface area contributed by atoms with E-state index in [0.717, 1.165) is 16.6 Å². The second-order valence-corrected chi connectivity index (χ2v) is 4.96. The molecule has 19 heavy (non-hydrogen) atoms. The average Bonchev–Trinajstić information content (AvgIpc) is 2.42. The quantitative estimate of drug-likeness (QED) is 0.841. The summed E-state index contributed by atoms with van der Waals surface area (Å²) in [6.45, 7) is 2.21. The van der Waals surface area contributed by atoms with E-state index < -0.39 is 6.10 Å². The predicted octanol–water partition coefficient (Wildman–Crippen LogP) is 1.86. The van der Waals surface area contributed by atoms with E-state index in [2.05, 4.69) is 5.32 Å². The SMILES string of the molecule is Cc1cc2cc(NCC(O)CCl)ccc2n(C)c1=O. The van der Waals surface area contributed by atoms with Crippen molar-refractivity contribution in [1.29, 1.82) is 0 Å². The van der Waals surface area contributed by atoms with Gasteiger partial charge < -0.3 is 15.0 Å². The van der Waals surface area contributed by atoms with Gasteiger partial charge in [-0.05, 0) is 31.2 Å². The molecule has 0 aliphatic heterocycles. The van der Waals surface area contributed by atoms with Gasteiger partial charge in [0.05, 0.1) is 17.5 Å². The number of hydrogen-bond acceptors (Lipinski definition) is 3. The number of rotatable bonds is 4. The number of benzene rings is 1. The van der Waals surface area contributed by atoms with Crippen LogP contribution in [-0.2, 0) is 7.05 Å². The second-order valence-electron chi connectivity index (χ2n) is 4.65. The number of aliphatic hydroxyl groups excluding tert-OH is 1. The fourth-order valence-electron chi connectivity index (χ4n) is 2.04. The highest BCUT2D eigenvalue weighted by Gasteiger charge is 2.05. The van der Waals surface area contributed by atoms with Gasteiger partial charge >= 0.3 is 0 Å². The zero-order valence-corrected chi connectivity index (χ0v) is 11.7. The van der Waals surface area contributed by atoms with Crippen LogP contribution in [0, 0.1) is 6.92 Å². The van der Waals surface area contributed by atoms with E-state index in [1.807, 2.05) is 24.3 Å². The molecule has 0 aliphatic rings. The standard InChI is InChI=1S/C14H17ClN2O2/c1-9-5-10-6-11(16-8-12(18)7-15)3-4-13(10)17(2)14(9)19/h3-6,12,16,18H,7-8H2,1-2H3. The Morgan fingerprint density at radius 2 is 2.16 bits per heavy atom.